The van der Waals surface area contributed by atoms with Crippen molar-refractivity contribution in [2.24, 2.45) is 0 Å². The van der Waals surface area contributed by atoms with Gasteiger partial charge in [-0.3, -0.25) is 4.79 Å². The van der Waals surface area contributed by atoms with Gasteiger partial charge in [-0.1, -0.05) is 0 Å². The predicted molar refractivity (Wildman–Crippen MR) is 54.2 cm³/mol. The van der Waals surface area contributed by atoms with Crippen LogP contribution in [-0.4, -0.2) is 11.9 Å². The minimum atomic E-state index is -1.06. The van der Waals surface area contributed by atoms with E-state index < -0.39 is 23.2 Å². The van der Waals surface area contributed by atoms with Gasteiger partial charge in [-0.25, -0.2) is 13.2 Å². The fourth-order valence-corrected chi connectivity index (χ4v) is 1.84. The number of hydrogen-bond donors (Lipinski definition) is 0. The summed E-state index contributed by atoms with van der Waals surface area (Å²) in [6.07, 6.45) is 1.20. The van der Waals surface area contributed by atoms with Gasteiger partial charge in [-0.05, 0) is 12.8 Å². The second-order valence-electron chi connectivity index (χ2n) is 4.05. The predicted octanol–water partition coefficient (Wildman–Crippen LogP) is 2.99. The maximum Gasteiger partial charge on any atom is 0.191 e. The molecule has 1 aliphatic rings. The van der Waals surface area contributed by atoms with Gasteiger partial charge in [0.2, 0.25) is 0 Å². The molecule has 0 saturated heterocycles. The molecule has 17 heavy (non-hydrogen) atoms. The van der Waals surface area contributed by atoms with Gasteiger partial charge in [0.25, 0.3) is 0 Å². The highest BCUT2D eigenvalue weighted by Gasteiger charge is 2.23. The van der Waals surface area contributed by atoms with Crippen LogP contribution in [-0.2, 0) is 4.79 Å². The zero-order valence-electron chi connectivity index (χ0n) is 9.01. The van der Waals surface area contributed by atoms with Crippen molar-refractivity contribution in [3.63, 3.8) is 0 Å². The van der Waals surface area contributed by atoms with E-state index in [1.807, 2.05) is 0 Å². The third-order valence-corrected chi connectivity index (χ3v) is 2.74. The highest BCUT2D eigenvalue weighted by molar-refractivity contribution is 5.79. The van der Waals surface area contributed by atoms with Crippen molar-refractivity contribution in [1.82, 2.24) is 0 Å². The first-order valence-corrected chi connectivity index (χ1v) is 5.39. The first-order valence-electron chi connectivity index (χ1n) is 5.39. The highest BCUT2D eigenvalue weighted by Crippen LogP contribution is 2.27. The van der Waals surface area contributed by atoms with Crippen molar-refractivity contribution in [2.75, 3.05) is 0 Å². The molecule has 0 N–H and O–H groups in total. The number of hydrogen-bond acceptors (Lipinski definition) is 2. The molecule has 0 radical (unpaired) electrons. The summed E-state index contributed by atoms with van der Waals surface area (Å²) >= 11 is 0. The lowest BCUT2D eigenvalue weighted by Crippen LogP contribution is -2.24. The van der Waals surface area contributed by atoms with Gasteiger partial charge in [0, 0.05) is 25.0 Å². The van der Waals surface area contributed by atoms with E-state index in [1.165, 1.54) is 0 Å². The molecule has 0 spiro atoms. The monoisotopic (exact) mass is 244 g/mol. The van der Waals surface area contributed by atoms with Gasteiger partial charge in [-0.15, -0.1) is 0 Å². The number of ketones is 1. The topological polar surface area (TPSA) is 26.3 Å². The molecule has 0 heterocycles. The van der Waals surface area contributed by atoms with Crippen LogP contribution >= 0.6 is 0 Å². The lowest BCUT2D eigenvalue weighted by Gasteiger charge is -2.22. The summed E-state index contributed by atoms with van der Waals surface area (Å²) in [5.74, 6) is -3.53. The second-order valence-corrected chi connectivity index (χ2v) is 4.05. The van der Waals surface area contributed by atoms with Gasteiger partial charge < -0.3 is 4.74 Å². The molecule has 2 nitrogen and oxygen atoms in total. The maximum absolute atomic E-state index is 13.3. The Labute approximate surface area is 96.4 Å². The Morgan fingerprint density at radius 2 is 1.59 bits per heavy atom. The molecule has 5 heteroatoms. The highest BCUT2D eigenvalue weighted by atomic mass is 19.1. The number of ether oxygens (including phenoxy) is 1. The van der Waals surface area contributed by atoms with Gasteiger partial charge in [0.15, 0.2) is 17.4 Å². The Kier molecular flexibility index (Phi) is 3.36. The Hall–Kier alpha value is -1.52. The number of halogens is 3. The molecular weight excluding hydrogens is 233 g/mol. The summed E-state index contributed by atoms with van der Waals surface area (Å²) in [6.45, 7) is 0. The third-order valence-electron chi connectivity index (χ3n) is 2.74. The number of carbonyl (C=O) groups is 1. The molecule has 1 aromatic rings. The SMILES string of the molecule is O=C1CCC(Oc2c(F)cc(F)cc2F)CC1. The molecule has 2 rings (SSSR count). The van der Waals surface area contributed by atoms with Crippen LogP contribution in [0.25, 0.3) is 0 Å². The normalized spacial score (nSPS) is 17.2. The number of benzene rings is 1. The van der Waals surface area contributed by atoms with Crippen LogP contribution in [0, 0.1) is 17.5 Å². The summed E-state index contributed by atoms with van der Waals surface area (Å²) in [5.41, 5.74) is 0. The summed E-state index contributed by atoms with van der Waals surface area (Å²) in [6, 6.07) is 1.15. The van der Waals surface area contributed by atoms with E-state index in [0.717, 1.165) is 0 Å². The Morgan fingerprint density at radius 1 is 1.06 bits per heavy atom. The maximum atomic E-state index is 13.3. The fraction of sp³-hybridized carbons (Fsp3) is 0.417. The van der Waals surface area contributed by atoms with Crippen LogP contribution in [0.2, 0.25) is 0 Å². The zero-order valence-corrected chi connectivity index (χ0v) is 9.01. The summed E-state index contributed by atoms with van der Waals surface area (Å²) < 4.78 is 44.4. The molecular formula is C12H11F3O2. The van der Waals surface area contributed by atoms with E-state index in [4.69, 9.17) is 4.74 Å². The van der Waals surface area contributed by atoms with Gasteiger partial charge in [-0.2, -0.15) is 0 Å². The van der Waals surface area contributed by atoms with Crippen LogP contribution in [0.5, 0.6) is 5.75 Å². The lowest BCUT2D eigenvalue weighted by atomic mass is 9.96. The van der Waals surface area contributed by atoms with Crippen LogP contribution in [0.3, 0.4) is 0 Å². The van der Waals surface area contributed by atoms with Crippen molar-refractivity contribution >= 4 is 5.78 Å². The van der Waals surface area contributed by atoms with Crippen molar-refractivity contribution in [1.29, 1.82) is 0 Å². The van der Waals surface area contributed by atoms with Crippen LogP contribution in [0.15, 0.2) is 12.1 Å². The standard InChI is InChI=1S/C12H11F3O2/c13-7-5-10(14)12(11(15)6-7)17-9-3-1-8(16)2-4-9/h5-6,9H,1-4H2. The molecule has 0 atom stereocenters. The molecule has 1 aromatic carbocycles. The second kappa shape index (κ2) is 4.77. The minimum absolute atomic E-state index is 0.130. The number of Topliss-reactive ketones (excluding diaryl/α,β-unsaturated/α-hetero) is 1. The zero-order chi connectivity index (χ0) is 12.4. The molecule has 1 aliphatic carbocycles. The fourth-order valence-electron chi connectivity index (χ4n) is 1.84. The van der Waals surface area contributed by atoms with E-state index in [2.05, 4.69) is 0 Å². The van der Waals surface area contributed by atoms with E-state index in [1.54, 1.807) is 0 Å². The summed E-state index contributed by atoms with van der Waals surface area (Å²) in [4.78, 5) is 11.0. The molecule has 0 unspecified atom stereocenters. The van der Waals surface area contributed by atoms with Crippen molar-refractivity contribution in [2.45, 2.75) is 31.8 Å². The van der Waals surface area contributed by atoms with E-state index in [9.17, 15) is 18.0 Å². The van der Waals surface area contributed by atoms with Crippen LogP contribution in [0.1, 0.15) is 25.7 Å². The molecule has 0 bridgehead atoms. The Morgan fingerprint density at radius 3 is 2.12 bits per heavy atom. The van der Waals surface area contributed by atoms with E-state index in [0.29, 0.717) is 37.8 Å². The lowest BCUT2D eigenvalue weighted by molar-refractivity contribution is -0.121. The molecule has 1 saturated carbocycles. The van der Waals surface area contributed by atoms with Crippen LogP contribution < -0.4 is 4.74 Å². The van der Waals surface area contributed by atoms with Crippen molar-refractivity contribution < 1.29 is 22.7 Å². The Bertz CT molecular complexity index is 412. The van der Waals surface area contributed by atoms with Crippen molar-refractivity contribution in [3.05, 3.63) is 29.6 Å². The number of carbonyl (C=O) groups excluding carboxylic acids is 1. The summed E-state index contributed by atoms with van der Waals surface area (Å²) in [5, 5.41) is 0. The summed E-state index contributed by atoms with van der Waals surface area (Å²) in [7, 11) is 0. The van der Waals surface area contributed by atoms with E-state index >= 15 is 0 Å². The average molecular weight is 244 g/mol. The average Bonchev–Trinajstić information content (AvgIpc) is 2.26. The molecule has 92 valence electrons. The minimum Gasteiger partial charge on any atom is -0.484 e. The Balaban J connectivity index is 2.11. The first-order chi connectivity index (χ1) is 8.06. The molecule has 0 aliphatic heterocycles. The third kappa shape index (κ3) is 2.78. The quantitative estimate of drug-likeness (QED) is 0.799. The molecule has 1 fully saturated rings. The van der Waals surface area contributed by atoms with Crippen molar-refractivity contribution in [3.8, 4) is 5.75 Å². The largest absolute Gasteiger partial charge is 0.484 e. The molecule has 0 amide bonds. The molecule has 0 aromatic heterocycles. The van der Waals surface area contributed by atoms with Gasteiger partial charge in [0.1, 0.15) is 11.6 Å². The van der Waals surface area contributed by atoms with Gasteiger partial charge >= 0.3 is 0 Å². The smallest absolute Gasteiger partial charge is 0.191 e. The number of rotatable bonds is 2. The van der Waals surface area contributed by atoms with E-state index in [-0.39, 0.29) is 11.9 Å². The first kappa shape index (κ1) is 12.0. The van der Waals surface area contributed by atoms with Gasteiger partial charge in [0.05, 0.1) is 6.10 Å². The van der Waals surface area contributed by atoms with Crippen LogP contribution in [0.4, 0.5) is 13.2 Å².